The van der Waals surface area contributed by atoms with Gasteiger partial charge in [0, 0.05) is 11.5 Å². The van der Waals surface area contributed by atoms with Gasteiger partial charge in [0.2, 0.25) is 0 Å². The summed E-state index contributed by atoms with van der Waals surface area (Å²) in [7, 11) is 0. The molecule has 0 spiro atoms. The van der Waals surface area contributed by atoms with Crippen LogP contribution in [0.2, 0.25) is 0 Å². The van der Waals surface area contributed by atoms with Crippen molar-refractivity contribution in [3.63, 3.8) is 0 Å². The van der Waals surface area contributed by atoms with Gasteiger partial charge in [-0.15, -0.1) is 0 Å². The van der Waals surface area contributed by atoms with Crippen LogP contribution in [0.1, 0.15) is 25.5 Å². The van der Waals surface area contributed by atoms with E-state index in [0.717, 1.165) is 0 Å². The number of hydrogen-bond donors (Lipinski definition) is 5. The number of benzene rings is 1. The first-order chi connectivity index (χ1) is 14.1. The van der Waals surface area contributed by atoms with Crippen molar-refractivity contribution in [2.75, 3.05) is 6.61 Å². The summed E-state index contributed by atoms with van der Waals surface area (Å²) >= 11 is 0. The highest BCUT2D eigenvalue weighted by Crippen LogP contribution is 2.45. The Morgan fingerprint density at radius 3 is 2.43 bits per heavy atom. The number of rotatable bonds is 4. The average Bonchev–Trinajstić information content (AvgIpc) is 3.06. The number of ether oxygens (including phenoxy) is 3. The molecule has 0 amide bonds. The van der Waals surface area contributed by atoms with Gasteiger partial charge in [-0.3, -0.25) is 0 Å². The zero-order valence-corrected chi connectivity index (χ0v) is 16.3. The van der Waals surface area contributed by atoms with Gasteiger partial charge in [-0.2, -0.15) is 0 Å². The van der Waals surface area contributed by atoms with E-state index >= 15 is 0 Å². The molecule has 3 heterocycles. The molecular formula is C20H24O10. The van der Waals surface area contributed by atoms with Crippen LogP contribution >= 0.6 is 0 Å². The lowest BCUT2D eigenvalue weighted by Gasteiger charge is -2.44. The van der Waals surface area contributed by atoms with Crippen LogP contribution in [0.4, 0.5) is 0 Å². The smallest absolute Gasteiger partial charge is 0.336 e. The molecule has 2 aliphatic heterocycles. The molecule has 0 radical (unpaired) electrons. The van der Waals surface area contributed by atoms with Gasteiger partial charge in [0.25, 0.3) is 0 Å². The number of aliphatic hydroxyl groups excluding tert-OH is 5. The lowest BCUT2D eigenvalue weighted by atomic mass is 9.92. The zero-order chi connectivity index (χ0) is 21.8. The molecular weight excluding hydrogens is 400 g/mol. The summed E-state index contributed by atoms with van der Waals surface area (Å²) in [4.78, 5) is 11.7. The maximum atomic E-state index is 11.7. The maximum Gasteiger partial charge on any atom is 0.336 e. The van der Waals surface area contributed by atoms with Crippen LogP contribution in [0.15, 0.2) is 33.5 Å². The lowest BCUT2D eigenvalue weighted by Crippen LogP contribution is -2.61. The van der Waals surface area contributed by atoms with E-state index in [1.807, 2.05) is 0 Å². The molecule has 10 nitrogen and oxygen atoms in total. The van der Waals surface area contributed by atoms with Crippen molar-refractivity contribution in [1.29, 1.82) is 0 Å². The van der Waals surface area contributed by atoms with Gasteiger partial charge in [0.1, 0.15) is 47.5 Å². The van der Waals surface area contributed by atoms with E-state index in [4.69, 9.17) is 18.6 Å². The third-order valence-corrected chi connectivity index (χ3v) is 5.58. The molecule has 1 aromatic heterocycles. The molecule has 7 atom stereocenters. The highest BCUT2D eigenvalue weighted by atomic mass is 16.7. The molecule has 30 heavy (non-hydrogen) atoms. The first kappa shape index (κ1) is 21.2. The minimum absolute atomic E-state index is 0.207. The van der Waals surface area contributed by atoms with Gasteiger partial charge in [-0.25, -0.2) is 4.79 Å². The molecule has 1 saturated heterocycles. The van der Waals surface area contributed by atoms with Crippen molar-refractivity contribution in [3.05, 3.63) is 40.2 Å². The van der Waals surface area contributed by atoms with Crippen LogP contribution in [0.3, 0.4) is 0 Å². The third-order valence-electron chi connectivity index (χ3n) is 5.58. The molecule has 10 heteroatoms. The fourth-order valence-electron chi connectivity index (χ4n) is 3.92. The van der Waals surface area contributed by atoms with Crippen molar-refractivity contribution >= 4 is 11.0 Å². The van der Waals surface area contributed by atoms with Gasteiger partial charge in [0.05, 0.1) is 12.2 Å². The molecule has 2 aromatic rings. The predicted molar refractivity (Wildman–Crippen MR) is 101 cm³/mol. The molecule has 1 aromatic carbocycles. The van der Waals surface area contributed by atoms with Crippen LogP contribution in [0.5, 0.6) is 5.75 Å². The van der Waals surface area contributed by atoms with Gasteiger partial charge in [-0.05, 0) is 32.0 Å². The molecule has 2 aliphatic rings. The molecule has 0 aliphatic carbocycles. The Hall–Kier alpha value is -2.05. The van der Waals surface area contributed by atoms with E-state index in [1.165, 1.54) is 6.07 Å². The molecule has 164 valence electrons. The Morgan fingerprint density at radius 2 is 1.73 bits per heavy atom. The van der Waals surface area contributed by atoms with Gasteiger partial charge >= 0.3 is 5.63 Å². The van der Waals surface area contributed by atoms with Gasteiger partial charge in [0.15, 0.2) is 12.4 Å². The average molecular weight is 424 g/mol. The van der Waals surface area contributed by atoms with Gasteiger partial charge < -0.3 is 44.2 Å². The van der Waals surface area contributed by atoms with Crippen LogP contribution in [-0.2, 0) is 9.47 Å². The van der Waals surface area contributed by atoms with E-state index in [1.54, 1.807) is 32.0 Å². The van der Waals surface area contributed by atoms with Crippen LogP contribution in [0, 0.1) is 0 Å². The molecule has 1 fully saturated rings. The zero-order valence-electron chi connectivity index (χ0n) is 16.3. The van der Waals surface area contributed by atoms with Crippen LogP contribution < -0.4 is 10.4 Å². The summed E-state index contributed by atoms with van der Waals surface area (Å²) in [6.45, 7) is 2.59. The van der Waals surface area contributed by atoms with E-state index in [0.29, 0.717) is 16.7 Å². The SMILES string of the molecule is CC(C)(O[C@@H]1O[C@H](CO)[C@@H](O)[C@H](O)[C@H]1O)C1Oc2ccc3ccc(=O)oc3c2C1O. The minimum atomic E-state index is -1.60. The number of hydrogen-bond acceptors (Lipinski definition) is 10. The van der Waals surface area contributed by atoms with E-state index < -0.39 is 60.7 Å². The van der Waals surface area contributed by atoms with Gasteiger partial charge in [-0.1, -0.05) is 0 Å². The minimum Gasteiger partial charge on any atom is -0.484 e. The van der Waals surface area contributed by atoms with Crippen molar-refractivity contribution in [1.82, 2.24) is 0 Å². The maximum absolute atomic E-state index is 11.7. The van der Waals surface area contributed by atoms with Crippen molar-refractivity contribution < 1.29 is 44.2 Å². The standard InChI is InChI=1S/C20H24O10/c1-20(2,30-19-16(26)15(25)13(23)10(7-21)28-19)18-14(24)12-9(27-18)5-3-8-4-6-11(22)29-17(8)12/h3-6,10,13-16,18-19,21,23-26H,7H2,1-2H3/t10-,13-,14?,15+,16-,18?,19+/m1/s1. The Labute approximate surface area is 170 Å². The fourth-order valence-corrected chi connectivity index (χ4v) is 3.92. The molecule has 0 saturated carbocycles. The first-order valence-electron chi connectivity index (χ1n) is 9.54. The Morgan fingerprint density at radius 1 is 1.03 bits per heavy atom. The highest BCUT2D eigenvalue weighted by Gasteiger charge is 2.51. The lowest BCUT2D eigenvalue weighted by molar-refractivity contribution is -0.332. The van der Waals surface area contributed by atoms with Crippen molar-refractivity contribution in [3.8, 4) is 5.75 Å². The summed E-state index contributed by atoms with van der Waals surface area (Å²) < 4.78 is 22.4. The third kappa shape index (κ3) is 3.40. The second-order valence-electron chi connectivity index (χ2n) is 8.05. The van der Waals surface area contributed by atoms with E-state index in [-0.39, 0.29) is 5.58 Å². The summed E-state index contributed by atoms with van der Waals surface area (Å²) in [6.07, 6.45) is -9.44. The second kappa shape index (κ2) is 7.57. The van der Waals surface area contributed by atoms with E-state index in [9.17, 15) is 30.3 Å². The van der Waals surface area contributed by atoms with Crippen molar-refractivity contribution in [2.45, 2.75) is 62.4 Å². The molecule has 2 unspecified atom stereocenters. The Kier molecular flexibility index (Phi) is 5.35. The largest absolute Gasteiger partial charge is 0.484 e. The van der Waals surface area contributed by atoms with Crippen molar-refractivity contribution in [2.24, 2.45) is 0 Å². The second-order valence-corrected chi connectivity index (χ2v) is 8.05. The molecule has 5 N–H and O–H groups in total. The summed E-state index contributed by atoms with van der Waals surface area (Å²) in [5.41, 5.74) is -1.32. The summed E-state index contributed by atoms with van der Waals surface area (Å²) in [5, 5.41) is 51.0. The highest BCUT2D eigenvalue weighted by molar-refractivity contribution is 5.83. The Balaban J connectivity index is 1.61. The predicted octanol–water partition coefficient (Wildman–Crippen LogP) is -0.817. The quantitative estimate of drug-likeness (QED) is 0.393. The number of fused-ring (bicyclic) bond motifs is 3. The monoisotopic (exact) mass is 424 g/mol. The van der Waals surface area contributed by atoms with E-state index in [2.05, 4.69) is 0 Å². The first-order valence-corrected chi connectivity index (χ1v) is 9.54. The molecule has 4 rings (SSSR count). The number of aliphatic hydroxyl groups is 5. The topological polar surface area (TPSA) is 159 Å². The summed E-state index contributed by atoms with van der Waals surface area (Å²) in [6, 6.07) is 6.19. The molecule has 0 bridgehead atoms. The van der Waals surface area contributed by atoms with Crippen LogP contribution in [-0.4, -0.2) is 74.6 Å². The Bertz CT molecular complexity index is 983. The normalized spacial score (nSPS) is 34.0. The fraction of sp³-hybridized carbons (Fsp3) is 0.550. The summed E-state index contributed by atoms with van der Waals surface area (Å²) in [5.74, 6) is 0.319. The van der Waals surface area contributed by atoms with Crippen LogP contribution in [0.25, 0.3) is 11.0 Å².